The number of carbonyl (C=O) groups excluding carboxylic acids is 1. The van der Waals surface area contributed by atoms with Crippen LogP contribution in [-0.2, 0) is 10.2 Å². The number of fused-ring (bicyclic) bond motifs is 1. The van der Waals surface area contributed by atoms with Crippen molar-refractivity contribution in [2.24, 2.45) is 11.8 Å². The molecule has 3 heterocycles. The van der Waals surface area contributed by atoms with Gasteiger partial charge in [-0.15, -0.1) is 5.10 Å². The average molecular weight is 394 g/mol. The predicted molar refractivity (Wildman–Crippen MR) is 105 cm³/mol. The number of anilines is 1. The van der Waals surface area contributed by atoms with Crippen molar-refractivity contribution in [2.75, 3.05) is 5.32 Å². The van der Waals surface area contributed by atoms with Crippen molar-refractivity contribution >= 4 is 11.7 Å². The molecule has 3 unspecified atom stereocenters. The van der Waals surface area contributed by atoms with Crippen LogP contribution in [0, 0.1) is 17.7 Å². The highest BCUT2D eigenvalue weighted by Gasteiger charge is 2.64. The lowest BCUT2D eigenvalue weighted by molar-refractivity contribution is -0.127. The molecule has 29 heavy (non-hydrogen) atoms. The fraction of sp³-hybridized carbons (Fsp3) is 0.429. The van der Waals surface area contributed by atoms with Crippen LogP contribution in [0.2, 0.25) is 0 Å². The van der Waals surface area contributed by atoms with E-state index in [-0.39, 0.29) is 29.1 Å². The molecule has 1 amide bonds. The zero-order valence-corrected chi connectivity index (χ0v) is 16.4. The van der Waals surface area contributed by atoms with E-state index in [1.807, 2.05) is 10.9 Å². The lowest BCUT2D eigenvalue weighted by Crippen LogP contribution is -2.51. The van der Waals surface area contributed by atoms with E-state index >= 15 is 0 Å². The third kappa shape index (κ3) is 2.69. The third-order valence-electron chi connectivity index (χ3n) is 6.40. The van der Waals surface area contributed by atoms with Gasteiger partial charge in [0.1, 0.15) is 0 Å². The summed E-state index contributed by atoms with van der Waals surface area (Å²) in [4.78, 5) is 17.2. The Morgan fingerprint density at radius 3 is 2.93 bits per heavy atom. The molecule has 1 N–H and O–H groups in total. The van der Waals surface area contributed by atoms with Crippen molar-refractivity contribution < 1.29 is 9.18 Å². The van der Waals surface area contributed by atoms with Crippen LogP contribution in [0.3, 0.4) is 0 Å². The van der Waals surface area contributed by atoms with Gasteiger partial charge in [0.25, 0.3) is 0 Å². The maximum atomic E-state index is 13.9. The van der Waals surface area contributed by atoms with E-state index in [2.05, 4.69) is 40.4 Å². The number of pyridine rings is 1. The van der Waals surface area contributed by atoms with E-state index in [0.29, 0.717) is 11.7 Å². The Bertz CT molecular complexity index is 1070. The molecule has 150 valence electrons. The number of halogens is 1. The number of hydrogen-bond donors (Lipinski definition) is 1. The summed E-state index contributed by atoms with van der Waals surface area (Å²) in [6.07, 6.45) is 8.01. The molecule has 0 aromatic carbocycles. The molecule has 7 nitrogen and oxygen atoms in total. The maximum Gasteiger partial charge on any atom is 0.229 e. The van der Waals surface area contributed by atoms with Crippen LogP contribution < -0.4 is 5.32 Å². The van der Waals surface area contributed by atoms with Gasteiger partial charge in [-0.3, -0.25) is 9.48 Å². The van der Waals surface area contributed by atoms with Crippen LogP contribution in [0.1, 0.15) is 44.8 Å². The highest BCUT2D eigenvalue weighted by atomic mass is 19.1. The fourth-order valence-electron chi connectivity index (χ4n) is 5.21. The molecule has 3 aromatic rings. The number of hydrogen-bond acceptors (Lipinski definition) is 4. The van der Waals surface area contributed by atoms with Gasteiger partial charge in [0.05, 0.1) is 5.92 Å². The van der Waals surface area contributed by atoms with Crippen LogP contribution in [0.4, 0.5) is 10.2 Å². The Labute approximate surface area is 167 Å². The van der Waals surface area contributed by atoms with Gasteiger partial charge in [-0.05, 0) is 57.2 Å². The molecule has 3 aliphatic carbocycles. The first-order valence-corrected chi connectivity index (χ1v) is 10.0. The van der Waals surface area contributed by atoms with Gasteiger partial charge >= 0.3 is 0 Å². The SMILES string of the molecule is CC(C)n1nccc1C12CCC(C1)C2C(=O)Nc1ccn(-c2ncccc2F)n1. The molecule has 0 aliphatic heterocycles. The fourth-order valence-corrected chi connectivity index (χ4v) is 5.21. The molecule has 3 saturated carbocycles. The zero-order valence-electron chi connectivity index (χ0n) is 16.4. The number of amides is 1. The smallest absolute Gasteiger partial charge is 0.229 e. The number of rotatable bonds is 5. The van der Waals surface area contributed by atoms with Crippen LogP contribution >= 0.6 is 0 Å². The minimum absolute atomic E-state index is 0.0259. The Morgan fingerprint density at radius 2 is 2.17 bits per heavy atom. The molecule has 3 aliphatic rings. The molecule has 3 atom stereocenters. The van der Waals surface area contributed by atoms with Gasteiger partial charge in [0, 0.05) is 41.8 Å². The largest absolute Gasteiger partial charge is 0.309 e. The van der Waals surface area contributed by atoms with E-state index < -0.39 is 5.82 Å². The maximum absolute atomic E-state index is 13.9. The van der Waals surface area contributed by atoms with E-state index in [0.717, 1.165) is 25.0 Å². The second kappa shape index (κ2) is 6.50. The minimum atomic E-state index is -0.466. The summed E-state index contributed by atoms with van der Waals surface area (Å²) in [5, 5.41) is 11.7. The number of nitrogens with zero attached hydrogens (tertiary/aromatic N) is 5. The van der Waals surface area contributed by atoms with Gasteiger partial charge in [-0.2, -0.15) is 5.10 Å². The molecule has 6 rings (SSSR count). The van der Waals surface area contributed by atoms with Gasteiger partial charge < -0.3 is 5.32 Å². The quantitative estimate of drug-likeness (QED) is 0.719. The topological polar surface area (TPSA) is 77.6 Å². The zero-order chi connectivity index (χ0) is 20.2. The lowest BCUT2D eigenvalue weighted by Gasteiger charge is -2.46. The minimum Gasteiger partial charge on any atom is -0.309 e. The van der Waals surface area contributed by atoms with Crippen LogP contribution in [0.5, 0.6) is 0 Å². The predicted octanol–water partition coefficient (Wildman–Crippen LogP) is 3.49. The van der Waals surface area contributed by atoms with Gasteiger partial charge in [-0.1, -0.05) is 0 Å². The van der Waals surface area contributed by atoms with Gasteiger partial charge in [0.15, 0.2) is 17.5 Å². The van der Waals surface area contributed by atoms with E-state index in [1.54, 1.807) is 12.3 Å². The molecule has 2 bridgehead atoms. The van der Waals surface area contributed by atoms with E-state index in [4.69, 9.17) is 0 Å². The molecule has 0 radical (unpaired) electrons. The highest BCUT2D eigenvalue weighted by molar-refractivity contribution is 5.94. The van der Waals surface area contributed by atoms with Crippen molar-refractivity contribution in [3.63, 3.8) is 0 Å². The molecule has 0 saturated heterocycles. The summed E-state index contributed by atoms with van der Waals surface area (Å²) >= 11 is 0. The first kappa shape index (κ1) is 18.0. The molecule has 0 spiro atoms. The summed E-state index contributed by atoms with van der Waals surface area (Å²) < 4.78 is 17.3. The third-order valence-corrected chi connectivity index (χ3v) is 6.40. The van der Waals surface area contributed by atoms with Crippen molar-refractivity contribution in [1.82, 2.24) is 24.5 Å². The monoisotopic (exact) mass is 394 g/mol. The second-order valence-corrected chi connectivity index (χ2v) is 8.34. The average Bonchev–Trinajstić information content (AvgIpc) is 3.44. The lowest BCUT2D eigenvalue weighted by atomic mass is 9.58. The highest BCUT2D eigenvalue weighted by Crippen LogP contribution is 2.64. The molecular formula is C21H23FN6O. The first-order chi connectivity index (χ1) is 14.0. The van der Waals surface area contributed by atoms with Crippen molar-refractivity contribution in [2.45, 2.75) is 44.6 Å². The normalized spacial score (nSPS) is 25.2. The van der Waals surface area contributed by atoms with Crippen LogP contribution in [0.25, 0.3) is 5.82 Å². The Kier molecular flexibility index (Phi) is 4.04. The Morgan fingerprint density at radius 1 is 1.31 bits per heavy atom. The Hall–Kier alpha value is -3.03. The summed E-state index contributed by atoms with van der Waals surface area (Å²) in [5.41, 5.74) is 1.01. The van der Waals surface area contributed by atoms with Crippen LogP contribution in [-0.4, -0.2) is 30.5 Å². The number of aromatic nitrogens is 5. The summed E-state index contributed by atoms with van der Waals surface area (Å²) in [7, 11) is 0. The van der Waals surface area contributed by atoms with Gasteiger partial charge in [-0.25, -0.2) is 14.1 Å². The van der Waals surface area contributed by atoms with Gasteiger partial charge in [0.2, 0.25) is 5.91 Å². The second-order valence-electron chi connectivity index (χ2n) is 8.34. The first-order valence-electron chi connectivity index (χ1n) is 10.0. The van der Waals surface area contributed by atoms with Crippen molar-refractivity contribution in [3.8, 4) is 5.82 Å². The van der Waals surface area contributed by atoms with E-state index in [9.17, 15) is 9.18 Å². The van der Waals surface area contributed by atoms with E-state index in [1.165, 1.54) is 23.0 Å². The molecular weight excluding hydrogens is 371 g/mol. The molecule has 3 fully saturated rings. The summed E-state index contributed by atoms with van der Waals surface area (Å²) in [6, 6.07) is 6.83. The molecule has 8 heteroatoms. The Balaban J connectivity index is 1.38. The van der Waals surface area contributed by atoms with Crippen molar-refractivity contribution in [1.29, 1.82) is 0 Å². The molecule has 3 aromatic heterocycles. The number of nitrogens with one attached hydrogen (secondary N) is 1. The van der Waals surface area contributed by atoms with Crippen LogP contribution in [0.15, 0.2) is 42.9 Å². The number of carbonyl (C=O) groups is 1. The summed E-state index contributed by atoms with van der Waals surface area (Å²) in [6.45, 7) is 4.22. The summed E-state index contributed by atoms with van der Waals surface area (Å²) in [5.74, 6) is 0.315. The van der Waals surface area contributed by atoms with Crippen molar-refractivity contribution in [3.05, 3.63) is 54.4 Å². The standard InChI is InChI=1S/C21H23FN6O/c1-13(2)28-16(6-10-24-28)21-8-5-14(12-21)18(21)20(29)25-17-7-11-27(26-17)19-15(22)4-3-9-23-19/h3-4,6-7,9-11,13-14,18H,5,8,12H2,1-2H3,(H,25,26,29).